The van der Waals surface area contributed by atoms with Crippen molar-refractivity contribution < 1.29 is 0 Å². The second-order valence-electron chi connectivity index (χ2n) is 4.58. The van der Waals surface area contributed by atoms with Gasteiger partial charge in [0.15, 0.2) is 0 Å². The third-order valence-electron chi connectivity index (χ3n) is 3.38. The average molecular weight is 291 g/mol. The maximum atomic E-state index is 5.79. The molecule has 5 heteroatoms. The Bertz CT molecular complexity index is 555. The van der Waals surface area contributed by atoms with Crippen LogP contribution < -0.4 is 11.3 Å². The summed E-state index contributed by atoms with van der Waals surface area (Å²) in [7, 11) is 0. The molecule has 1 aliphatic heterocycles. The van der Waals surface area contributed by atoms with Gasteiger partial charge < -0.3 is 0 Å². The lowest BCUT2D eigenvalue weighted by Gasteiger charge is -2.29. The Kier molecular flexibility index (Phi) is 4.28. The van der Waals surface area contributed by atoms with Crippen LogP contribution in [-0.2, 0) is 0 Å². The molecule has 0 saturated carbocycles. The molecule has 0 amide bonds. The third-order valence-corrected chi connectivity index (χ3v) is 6.24. The maximum Gasteiger partial charge on any atom is 0.0702 e. The van der Waals surface area contributed by atoms with E-state index in [1.807, 2.05) is 35.8 Å². The summed E-state index contributed by atoms with van der Waals surface area (Å²) in [4.78, 5) is 4.36. The standard InChI is InChI=1S/C14H17N3S2/c15-17-14(13-9-18-6-7-19-13)11-3-4-12-10(8-11)2-1-5-16-12/h1-5,8,13-14,17H,6-7,9,15H2. The van der Waals surface area contributed by atoms with Crippen LogP contribution in [0.15, 0.2) is 36.5 Å². The number of nitrogens with two attached hydrogens (primary N) is 1. The Morgan fingerprint density at radius 1 is 1.32 bits per heavy atom. The topological polar surface area (TPSA) is 50.9 Å². The maximum absolute atomic E-state index is 5.79. The quantitative estimate of drug-likeness (QED) is 0.672. The minimum Gasteiger partial charge on any atom is -0.271 e. The normalized spacial score (nSPS) is 21.4. The Balaban J connectivity index is 1.91. The molecule has 0 spiro atoms. The molecule has 100 valence electrons. The van der Waals surface area contributed by atoms with Crippen molar-refractivity contribution in [1.82, 2.24) is 10.4 Å². The van der Waals surface area contributed by atoms with Crippen molar-refractivity contribution in [3.05, 3.63) is 42.1 Å². The Labute approximate surface area is 121 Å². The number of rotatable bonds is 3. The van der Waals surface area contributed by atoms with Gasteiger partial charge >= 0.3 is 0 Å². The molecule has 2 heterocycles. The monoisotopic (exact) mass is 291 g/mol. The van der Waals surface area contributed by atoms with Crippen molar-refractivity contribution in [3.8, 4) is 0 Å². The van der Waals surface area contributed by atoms with Crippen molar-refractivity contribution in [2.45, 2.75) is 11.3 Å². The third kappa shape index (κ3) is 2.89. The van der Waals surface area contributed by atoms with Crippen LogP contribution in [0.3, 0.4) is 0 Å². The fraction of sp³-hybridized carbons (Fsp3) is 0.357. The molecule has 1 saturated heterocycles. The van der Waals surface area contributed by atoms with Gasteiger partial charge in [-0.1, -0.05) is 12.1 Å². The zero-order valence-corrected chi connectivity index (χ0v) is 12.2. The molecule has 0 radical (unpaired) electrons. The van der Waals surface area contributed by atoms with Crippen molar-refractivity contribution in [1.29, 1.82) is 0 Å². The molecule has 2 atom stereocenters. The van der Waals surface area contributed by atoms with Gasteiger partial charge in [-0.2, -0.15) is 23.5 Å². The Morgan fingerprint density at radius 3 is 3.05 bits per heavy atom. The summed E-state index contributed by atoms with van der Waals surface area (Å²) in [5, 5.41) is 1.71. The summed E-state index contributed by atoms with van der Waals surface area (Å²) in [5.41, 5.74) is 5.29. The number of hydrogen-bond donors (Lipinski definition) is 2. The molecule has 0 bridgehead atoms. The largest absolute Gasteiger partial charge is 0.271 e. The first kappa shape index (κ1) is 13.2. The zero-order chi connectivity index (χ0) is 13.1. The lowest BCUT2D eigenvalue weighted by molar-refractivity contribution is 0.553. The number of hydrazine groups is 1. The minimum absolute atomic E-state index is 0.211. The Hall–Kier alpha value is -0.750. The fourth-order valence-electron chi connectivity index (χ4n) is 2.40. The van der Waals surface area contributed by atoms with E-state index in [-0.39, 0.29) is 6.04 Å². The molecule has 2 unspecified atom stereocenters. The molecule has 3 rings (SSSR count). The van der Waals surface area contributed by atoms with Gasteiger partial charge in [0, 0.05) is 34.1 Å². The minimum atomic E-state index is 0.211. The van der Waals surface area contributed by atoms with Crippen LogP contribution in [0, 0.1) is 0 Å². The van der Waals surface area contributed by atoms with E-state index in [1.165, 1.54) is 22.5 Å². The number of hydrogen-bond acceptors (Lipinski definition) is 5. The number of pyridine rings is 1. The summed E-state index contributed by atoms with van der Waals surface area (Å²) < 4.78 is 0. The first-order valence-electron chi connectivity index (χ1n) is 6.38. The smallest absolute Gasteiger partial charge is 0.0702 e. The van der Waals surface area contributed by atoms with Crippen LogP contribution in [0.1, 0.15) is 11.6 Å². The molecule has 1 aromatic carbocycles. The fourth-order valence-corrected chi connectivity index (χ4v) is 5.26. The molecule has 1 aliphatic rings. The predicted molar refractivity (Wildman–Crippen MR) is 85.4 cm³/mol. The summed E-state index contributed by atoms with van der Waals surface area (Å²) in [5.74, 6) is 9.41. The van der Waals surface area contributed by atoms with E-state index in [0.29, 0.717) is 5.25 Å². The van der Waals surface area contributed by atoms with Gasteiger partial charge in [-0.05, 0) is 23.8 Å². The molecular formula is C14H17N3S2. The van der Waals surface area contributed by atoms with Gasteiger partial charge in [0.1, 0.15) is 0 Å². The van der Waals surface area contributed by atoms with Gasteiger partial charge in [0.05, 0.1) is 11.6 Å². The molecule has 0 aliphatic carbocycles. The van der Waals surface area contributed by atoms with Gasteiger partial charge in [-0.15, -0.1) is 0 Å². The van der Waals surface area contributed by atoms with Crippen LogP contribution in [0.4, 0.5) is 0 Å². The number of nitrogens with one attached hydrogen (secondary N) is 1. The predicted octanol–water partition coefficient (Wildman–Crippen LogP) is 2.59. The molecule has 2 aromatic rings. The van der Waals surface area contributed by atoms with E-state index in [9.17, 15) is 0 Å². The van der Waals surface area contributed by atoms with Gasteiger partial charge in [0.2, 0.25) is 0 Å². The highest BCUT2D eigenvalue weighted by molar-refractivity contribution is 8.06. The number of aromatic nitrogens is 1. The lowest BCUT2D eigenvalue weighted by Crippen LogP contribution is -2.37. The van der Waals surface area contributed by atoms with Crippen molar-refractivity contribution in [2.24, 2.45) is 5.84 Å². The van der Waals surface area contributed by atoms with Gasteiger partial charge in [-0.25, -0.2) is 0 Å². The van der Waals surface area contributed by atoms with E-state index in [2.05, 4.69) is 34.7 Å². The van der Waals surface area contributed by atoms with Crippen LogP contribution in [-0.4, -0.2) is 27.5 Å². The van der Waals surface area contributed by atoms with Crippen molar-refractivity contribution in [3.63, 3.8) is 0 Å². The summed E-state index contributed by atoms with van der Waals surface area (Å²) >= 11 is 4.03. The van der Waals surface area contributed by atoms with E-state index < -0.39 is 0 Å². The van der Waals surface area contributed by atoms with Gasteiger partial charge in [0.25, 0.3) is 0 Å². The molecule has 1 aromatic heterocycles. The first-order valence-corrected chi connectivity index (χ1v) is 8.59. The summed E-state index contributed by atoms with van der Waals surface area (Å²) in [6, 6.07) is 10.7. The van der Waals surface area contributed by atoms with Crippen LogP contribution >= 0.6 is 23.5 Å². The van der Waals surface area contributed by atoms with E-state index in [0.717, 1.165) is 11.3 Å². The zero-order valence-electron chi connectivity index (χ0n) is 10.6. The molecule has 19 heavy (non-hydrogen) atoms. The van der Waals surface area contributed by atoms with E-state index in [1.54, 1.807) is 0 Å². The molecule has 3 nitrogen and oxygen atoms in total. The SMILES string of the molecule is NNC(c1ccc2ncccc2c1)C1CSCCS1. The van der Waals surface area contributed by atoms with Crippen LogP contribution in [0.25, 0.3) is 10.9 Å². The highest BCUT2D eigenvalue weighted by atomic mass is 32.2. The van der Waals surface area contributed by atoms with E-state index >= 15 is 0 Å². The number of benzene rings is 1. The summed E-state index contributed by atoms with van der Waals surface area (Å²) in [6.07, 6.45) is 1.83. The van der Waals surface area contributed by atoms with Crippen LogP contribution in [0.5, 0.6) is 0 Å². The highest BCUT2D eigenvalue weighted by Crippen LogP contribution is 2.33. The molecule has 3 N–H and O–H groups in total. The first-order chi connectivity index (χ1) is 9.38. The van der Waals surface area contributed by atoms with Crippen LogP contribution in [0.2, 0.25) is 0 Å². The van der Waals surface area contributed by atoms with Crippen molar-refractivity contribution >= 4 is 34.4 Å². The lowest BCUT2D eigenvalue weighted by atomic mass is 10.0. The Morgan fingerprint density at radius 2 is 2.26 bits per heavy atom. The van der Waals surface area contributed by atoms with Crippen molar-refractivity contribution in [2.75, 3.05) is 17.3 Å². The number of fused-ring (bicyclic) bond motifs is 1. The highest BCUT2D eigenvalue weighted by Gasteiger charge is 2.25. The molecule has 1 fully saturated rings. The number of nitrogens with zero attached hydrogens (tertiary/aromatic N) is 1. The second kappa shape index (κ2) is 6.13. The second-order valence-corrected chi connectivity index (χ2v) is 7.08. The summed E-state index contributed by atoms with van der Waals surface area (Å²) in [6.45, 7) is 0. The van der Waals surface area contributed by atoms with Gasteiger partial charge in [-0.3, -0.25) is 16.3 Å². The average Bonchev–Trinajstić information content (AvgIpc) is 2.49. The molecular weight excluding hydrogens is 274 g/mol. The number of thioether (sulfide) groups is 2. The van der Waals surface area contributed by atoms with E-state index in [4.69, 9.17) is 5.84 Å².